The van der Waals surface area contributed by atoms with Crippen molar-refractivity contribution >= 4 is 11.8 Å². The topological polar surface area (TPSA) is 37.4 Å². The molecule has 17 heavy (non-hydrogen) atoms. The van der Waals surface area contributed by atoms with Crippen molar-refractivity contribution in [1.82, 2.24) is 4.90 Å². The van der Waals surface area contributed by atoms with Gasteiger partial charge in [-0.25, -0.2) is 0 Å². The Balaban J connectivity index is 2.16. The van der Waals surface area contributed by atoms with Crippen LogP contribution in [0.4, 0.5) is 0 Å². The Morgan fingerprint density at radius 3 is 2.12 bits per heavy atom. The molecule has 3 atom stereocenters. The molecule has 0 N–H and O–H groups in total. The first kappa shape index (κ1) is 12.6. The molecule has 0 aromatic carbocycles. The molecule has 0 saturated heterocycles. The van der Waals surface area contributed by atoms with Gasteiger partial charge in [0.05, 0.1) is 0 Å². The highest BCUT2D eigenvalue weighted by molar-refractivity contribution is 5.93. The van der Waals surface area contributed by atoms with E-state index in [4.69, 9.17) is 0 Å². The van der Waals surface area contributed by atoms with Crippen molar-refractivity contribution in [1.29, 1.82) is 0 Å². The first-order valence-electron chi connectivity index (χ1n) is 6.91. The van der Waals surface area contributed by atoms with Gasteiger partial charge in [0, 0.05) is 19.9 Å². The van der Waals surface area contributed by atoms with Gasteiger partial charge < -0.3 is 0 Å². The molecule has 2 rings (SSSR count). The first-order valence-corrected chi connectivity index (χ1v) is 6.91. The van der Waals surface area contributed by atoms with Crippen molar-refractivity contribution in [2.75, 3.05) is 0 Å². The molecular weight excluding hydrogens is 214 g/mol. The molecule has 0 spiro atoms. The fourth-order valence-electron chi connectivity index (χ4n) is 3.91. The number of imide groups is 1. The van der Waals surface area contributed by atoms with Crippen molar-refractivity contribution < 1.29 is 9.59 Å². The van der Waals surface area contributed by atoms with E-state index in [1.54, 1.807) is 0 Å². The first-order chi connectivity index (χ1) is 8.11. The molecule has 2 fully saturated rings. The Labute approximate surface area is 104 Å². The minimum absolute atomic E-state index is 0.0753. The predicted molar refractivity (Wildman–Crippen MR) is 66.3 cm³/mol. The van der Waals surface area contributed by atoms with Gasteiger partial charge in [-0.1, -0.05) is 32.1 Å². The predicted octanol–water partition coefficient (Wildman–Crippen LogP) is 2.74. The van der Waals surface area contributed by atoms with Crippen molar-refractivity contribution in [3.63, 3.8) is 0 Å². The molecule has 96 valence electrons. The SMILES string of the molecule is CC(=O)N(C(C)=O)C1CCCC2CCCCC21. The quantitative estimate of drug-likeness (QED) is 0.703. The Morgan fingerprint density at radius 2 is 1.47 bits per heavy atom. The Hall–Kier alpha value is -0.860. The molecule has 3 heteroatoms. The van der Waals surface area contributed by atoms with E-state index in [1.165, 1.54) is 57.3 Å². The summed E-state index contributed by atoms with van der Waals surface area (Å²) in [6.07, 6.45) is 8.57. The third-order valence-electron chi connectivity index (χ3n) is 4.55. The molecule has 0 aromatic rings. The lowest BCUT2D eigenvalue weighted by Crippen LogP contribution is -2.50. The highest BCUT2D eigenvalue weighted by Crippen LogP contribution is 2.42. The Kier molecular flexibility index (Phi) is 3.85. The van der Waals surface area contributed by atoms with Crippen LogP contribution in [0, 0.1) is 11.8 Å². The molecule has 0 aliphatic heterocycles. The second-order valence-electron chi connectivity index (χ2n) is 5.61. The van der Waals surface area contributed by atoms with Gasteiger partial charge in [0.15, 0.2) is 0 Å². The van der Waals surface area contributed by atoms with Crippen LogP contribution in [0.3, 0.4) is 0 Å². The summed E-state index contributed by atoms with van der Waals surface area (Å²) in [6.45, 7) is 3.04. The van der Waals surface area contributed by atoms with E-state index in [1.807, 2.05) is 0 Å². The van der Waals surface area contributed by atoms with E-state index < -0.39 is 0 Å². The molecule has 2 aliphatic carbocycles. The maximum Gasteiger partial charge on any atom is 0.226 e. The number of amides is 2. The van der Waals surface area contributed by atoms with Crippen LogP contribution in [0.2, 0.25) is 0 Å². The smallest absolute Gasteiger partial charge is 0.226 e. The van der Waals surface area contributed by atoms with Gasteiger partial charge >= 0.3 is 0 Å². The minimum Gasteiger partial charge on any atom is -0.280 e. The lowest BCUT2D eigenvalue weighted by Gasteiger charge is -2.45. The third-order valence-corrected chi connectivity index (χ3v) is 4.55. The number of carbonyl (C=O) groups is 2. The third kappa shape index (κ3) is 2.53. The second-order valence-corrected chi connectivity index (χ2v) is 5.61. The van der Waals surface area contributed by atoms with Gasteiger partial charge in [-0.2, -0.15) is 0 Å². The van der Waals surface area contributed by atoms with Crippen LogP contribution in [0.15, 0.2) is 0 Å². The average Bonchev–Trinajstić information content (AvgIpc) is 2.28. The average molecular weight is 237 g/mol. The van der Waals surface area contributed by atoms with Crippen LogP contribution in [-0.4, -0.2) is 22.8 Å². The zero-order chi connectivity index (χ0) is 12.4. The maximum atomic E-state index is 11.7. The Bertz CT molecular complexity index is 297. The zero-order valence-electron chi connectivity index (χ0n) is 10.9. The van der Waals surface area contributed by atoms with E-state index in [9.17, 15) is 9.59 Å². The number of carbonyl (C=O) groups excluding carboxylic acids is 2. The molecule has 2 aliphatic rings. The summed E-state index contributed by atoms with van der Waals surface area (Å²) in [5.74, 6) is 1.18. The normalized spacial score (nSPS) is 32.7. The lowest BCUT2D eigenvalue weighted by molar-refractivity contribution is -0.148. The summed E-state index contributed by atoms with van der Waals surface area (Å²) < 4.78 is 0. The summed E-state index contributed by atoms with van der Waals surface area (Å²) in [4.78, 5) is 24.9. The molecule has 0 aromatic heterocycles. The fraction of sp³-hybridized carbons (Fsp3) is 0.857. The van der Waals surface area contributed by atoms with Crippen molar-refractivity contribution in [2.45, 2.75) is 64.8 Å². The number of nitrogens with zero attached hydrogens (tertiary/aromatic N) is 1. The van der Waals surface area contributed by atoms with Gasteiger partial charge in [0.2, 0.25) is 11.8 Å². The monoisotopic (exact) mass is 237 g/mol. The summed E-state index contributed by atoms with van der Waals surface area (Å²) in [6, 6.07) is 0.184. The summed E-state index contributed by atoms with van der Waals surface area (Å²) in [7, 11) is 0. The van der Waals surface area contributed by atoms with Crippen LogP contribution in [-0.2, 0) is 9.59 Å². The molecule has 3 nitrogen and oxygen atoms in total. The van der Waals surface area contributed by atoms with Crippen molar-refractivity contribution in [2.24, 2.45) is 11.8 Å². The summed E-state index contributed by atoms with van der Waals surface area (Å²) in [5.41, 5.74) is 0. The largest absolute Gasteiger partial charge is 0.280 e. The van der Waals surface area contributed by atoms with Gasteiger partial charge in [0.25, 0.3) is 0 Å². The second kappa shape index (κ2) is 5.19. The van der Waals surface area contributed by atoms with E-state index in [2.05, 4.69) is 0 Å². The van der Waals surface area contributed by atoms with Gasteiger partial charge in [-0.05, 0) is 24.7 Å². The number of rotatable bonds is 1. The highest BCUT2D eigenvalue weighted by atomic mass is 16.2. The van der Waals surface area contributed by atoms with Crippen LogP contribution >= 0.6 is 0 Å². The number of hydrogen-bond donors (Lipinski definition) is 0. The molecule has 0 radical (unpaired) electrons. The van der Waals surface area contributed by atoms with Crippen LogP contribution in [0.5, 0.6) is 0 Å². The van der Waals surface area contributed by atoms with Gasteiger partial charge in [-0.3, -0.25) is 14.5 Å². The molecular formula is C14H23NO2. The molecule has 2 amide bonds. The van der Waals surface area contributed by atoms with Crippen molar-refractivity contribution in [3.05, 3.63) is 0 Å². The fourth-order valence-corrected chi connectivity index (χ4v) is 3.91. The van der Waals surface area contributed by atoms with Gasteiger partial charge in [-0.15, -0.1) is 0 Å². The van der Waals surface area contributed by atoms with E-state index >= 15 is 0 Å². The maximum absolute atomic E-state index is 11.7. The van der Waals surface area contributed by atoms with E-state index in [0.717, 1.165) is 12.3 Å². The zero-order valence-corrected chi connectivity index (χ0v) is 10.9. The van der Waals surface area contributed by atoms with E-state index in [0.29, 0.717) is 5.92 Å². The van der Waals surface area contributed by atoms with Crippen LogP contribution in [0.25, 0.3) is 0 Å². The number of fused-ring (bicyclic) bond motifs is 1. The Morgan fingerprint density at radius 1 is 0.882 bits per heavy atom. The molecule has 0 bridgehead atoms. The lowest BCUT2D eigenvalue weighted by atomic mass is 9.68. The standard InChI is InChI=1S/C14H23NO2/c1-10(16)15(11(2)17)14-9-5-7-12-6-3-4-8-13(12)14/h12-14H,3-9H2,1-2H3. The summed E-state index contributed by atoms with van der Waals surface area (Å²) >= 11 is 0. The number of hydrogen-bond acceptors (Lipinski definition) is 2. The van der Waals surface area contributed by atoms with Crippen LogP contribution < -0.4 is 0 Å². The van der Waals surface area contributed by atoms with Crippen LogP contribution in [0.1, 0.15) is 58.8 Å². The molecule has 2 saturated carbocycles. The van der Waals surface area contributed by atoms with E-state index in [-0.39, 0.29) is 17.9 Å². The van der Waals surface area contributed by atoms with Gasteiger partial charge in [0.1, 0.15) is 0 Å². The highest BCUT2D eigenvalue weighted by Gasteiger charge is 2.39. The van der Waals surface area contributed by atoms with Crippen molar-refractivity contribution in [3.8, 4) is 0 Å². The molecule has 0 heterocycles. The minimum atomic E-state index is -0.0753. The molecule has 3 unspecified atom stereocenters. The summed E-state index contributed by atoms with van der Waals surface area (Å²) in [5, 5.41) is 0.